The van der Waals surface area contributed by atoms with Gasteiger partial charge in [-0.3, -0.25) is 0 Å². The number of hydrogen-bond acceptors (Lipinski definition) is 3. The molecule has 90 valence electrons. The van der Waals surface area contributed by atoms with Crippen LogP contribution in [0.1, 0.15) is 5.56 Å². The van der Waals surface area contributed by atoms with Crippen molar-refractivity contribution in [1.29, 1.82) is 0 Å². The van der Waals surface area contributed by atoms with Gasteiger partial charge in [-0.2, -0.15) is 0 Å². The Kier molecular flexibility index (Phi) is 7.42. The summed E-state index contributed by atoms with van der Waals surface area (Å²) in [5, 5.41) is 3.22. The van der Waals surface area contributed by atoms with E-state index in [4.69, 9.17) is 9.47 Å². The quantitative estimate of drug-likeness (QED) is 0.744. The molecule has 0 aromatic heterocycles. The summed E-state index contributed by atoms with van der Waals surface area (Å²) in [4.78, 5) is 0. The zero-order chi connectivity index (χ0) is 11.6. The molecular formula is C12H18BrNO2. The summed E-state index contributed by atoms with van der Waals surface area (Å²) >= 11 is 3.43. The number of nitrogens with one attached hydrogen (secondary N) is 1. The predicted octanol–water partition coefficient (Wildman–Crippen LogP) is 2.20. The Labute approximate surface area is 105 Å². The predicted molar refractivity (Wildman–Crippen MR) is 68.5 cm³/mol. The summed E-state index contributed by atoms with van der Waals surface area (Å²) in [5.41, 5.74) is 1.19. The highest BCUT2D eigenvalue weighted by Crippen LogP contribution is 2.12. The SMILES string of the molecule is COCCNCCOCc1cccc(Br)c1. The van der Waals surface area contributed by atoms with Gasteiger partial charge in [0.15, 0.2) is 0 Å². The third kappa shape index (κ3) is 6.23. The van der Waals surface area contributed by atoms with Crippen LogP contribution in [0, 0.1) is 0 Å². The fourth-order valence-electron chi connectivity index (χ4n) is 1.26. The highest BCUT2D eigenvalue weighted by Gasteiger charge is 1.94. The van der Waals surface area contributed by atoms with Crippen molar-refractivity contribution in [2.75, 3.05) is 33.4 Å². The zero-order valence-electron chi connectivity index (χ0n) is 9.54. The molecule has 4 heteroatoms. The molecule has 0 atom stereocenters. The van der Waals surface area contributed by atoms with Crippen LogP contribution in [0.5, 0.6) is 0 Å². The van der Waals surface area contributed by atoms with Gasteiger partial charge in [0.05, 0.1) is 19.8 Å². The lowest BCUT2D eigenvalue weighted by atomic mass is 10.2. The van der Waals surface area contributed by atoms with Gasteiger partial charge in [-0.15, -0.1) is 0 Å². The lowest BCUT2D eigenvalue weighted by molar-refractivity contribution is 0.120. The molecule has 0 spiro atoms. The first-order valence-electron chi connectivity index (χ1n) is 5.35. The molecule has 0 fully saturated rings. The van der Waals surface area contributed by atoms with Gasteiger partial charge in [-0.25, -0.2) is 0 Å². The van der Waals surface area contributed by atoms with Crippen molar-refractivity contribution in [3.05, 3.63) is 34.3 Å². The Morgan fingerprint density at radius 3 is 2.81 bits per heavy atom. The van der Waals surface area contributed by atoms with E-state index in [9.17, 15) is 0 Å². The van der Waals surface area contributed by atoms with Gasteiger partial charge in [-0.1, -0.05) is 28.1 Å². The van der Waals surface area contributed by atoms with Crippen LogP contribution < -0.4 is 5.32 Å². The maximum Gasteiger partial charge on any atom is 0.0717 e. The van der Waals surface area contributed by atoms with Crippen molar-refractivity contribution in [1.82, 2.24) is 5.32 Å². The highest BCUT2D eigenvalue weighted by molar-refractivity contribution is 9.10. The molecule has 0 heterocycles. The molecule has 0 unspecified atom stereocenters. The smallest absolute Gasteiger partial charge is 0.0717 e. The Morgan fingerprint density at radius 2 is 2.06 bits per heavy atom. The van der Waals surface area contributed by atoms with E-state index in [1.165, 1.54) is 5.56 Å². The summed E-state index contributed by atoms with van der Waals surface area (Å²) in [6, 6.07) is 8.15. The van der Waals surface area contributed by atoms with E-state index < -0.39 is 0 Å². The van der Waals surface area contributed by atoms with E-state index in [1.54, 1.807) is 7.11 Å². The average molecular weight is 288 g/mol. The van der Waals surface area contributed by atoms with Gasteiger partial charge >= 0.3 is 0 Å². The van der Waals surface area contributed by atoms with Crippen LogP contribution in [0.25, 0.3) is 0 Å². The van der Waals surface area contributed by atoms with E-state index in [-0.39, 0.29) is 0 Å². The van der Waals surface area contributed by atoms with Gasteiger partial charge in [-0.05, 0) is 17.7 Å². The van der Waals surface area contributed by atoms with Gasteiger partial charge in [0.2, 0.25) is 0 Å². The Morgan fingerprint density at radius 1 is 1.25 bits per heavy atom. The number of rotatable bonds is 8. The second-order valence-corrected chi connectivity index (χ2v) is 4.34. The summed E-state index contributed by atoms with van der Waals surface area (Å²) in [7, 11) is 1.70. The van der Waals surface area contributed by atoms with E-state index in [0.29, 0.717) is 6.61 Å². The zero-order valence-corrected chi connectivity index (χ0v) is 11.1. The molecule has 0 aliphatic carbocycles. The topological polar surface area (TPSA) is 30.5 Å². The Bertz CT molecular complexity index is 294. The van der Waals surface area contributed by atoms with Crippen LogP contribution in [0.4, 0.5) is 0 Å². The number of benzene rings is 1. The van der Waals surface area contributed by atoms with Gasteiger partial charge in [0.25, 0.3) is 0 Å². The van der Waals surface area contributed by atoms with Gasteiger partial charge in [0, 0.05) is 24.7 Å². The summed E-state index contributed by atoms with van der Waals surface area (Å²) in [6.07, 6.45) is 0. The first-order chi connectivity index (χ1) is 7.83. The fourth-order valence-corrected chi connectivity index (χ4v) is 1.71. The largest absolute Gasteiger partial charge is 0.383 e. The van der Waals surface area contributed by atoms with Crippen LogP contribution in [0.3, 0.4) is 0 Å². The summed E-state index contributed by atoms with van der Waals surface area (Å²) in [6.45, 7) is 3.85. The molecule has 3 nitrogen and oxygen atoms in total. The van der Waals surface area contributed by atoms with Crippen molar-refractivity contribution in [3.63, 3.8) is 0 Å². The molecule has 16 heavy (non-hydrogen) atoms. The standard InChI is InChI=1S/C12H18BrNO2/c1-15-7-5-14-6-8-16-10-11-3-2-4-12(13)9-11/h2-4,9,14H,5-8,10H2,1H3. The minimum Gasteiger partial charge on any atom is -0.383 e. The number of methoxy groups -OCH3 is 1. The molecular weight excluding hydrogens is 270 g/mol. The molecule has 1 rings (SSSR count). The van der Waals surface area contributed by atoms with Gasteiger partial charge in [0.1, 0.15) is 0 Å². The van der Waals surface area contributed by atoms with E-state index in [2.05, 4.69) is 33.4 Å². The maximum atomic E-state index is 5.53. The van der Waals surface area contributed by atoms with E-state index in [1.807, 2.05) is 12.1 Å². The highest BCUT2D eigenvalue weighted by atomic mass is 79.9. The van der Waals surface area contributed by atoms with Crippen LogP contribution in [0.15, 0.2) is 28.7 Å². The van der Waals surface area contributed by atoms with Crippen molar-refractivity contribution in [3.8, 4) is 0 Å². The van der Waals surface area contributed by atoms with Crippen molar-refractivity contribution < 1.29 is 9.47 Å². The molecule has 0 radical (unpaired) electrons. The summed E-state index contributed by atoms with van der Waals surface area (Å²) in [5.74, 6) is 0. The second-order valence-electron chi connectivity index (χ2n) is 3.43. The third-order valence-corrected chi connectivity index (χ3v) is 2.56. The molecule has 0 bridgehead atoms. The summed E-state index contributed by atoms with van der Waals surface area (Å²) < 4.78 is 11.5. The lowest BCUT2D eigenvalue weighted by Gasteiger charge is -2.06. The van der Waals surface area contributed by atoms with E-state index >= 15 is 0 Å². The van der Waals surface area contributed by atoms with E-state index in [0.717, 1.165) is 30.8 Å². The first-order valence-corrected chi connectivity index (χ1v) is 6.14. The molecule has 0 aliphatic heterocycles. The minimum absolute atomic E-state index is 0.658. The van der Waals surface area contributed by atoms with Gasteiger partial charge < -0.3 is 14.8 Å². The van der Waals surface area contributed by atoms with Crippen molar-refractivity contribution in [2.24, 2.45) is 0 Å². The van der Waals surface area contributed by atoms with Crippen molar-refractivity contribution in [2.45, 2.75) is 6.61 Å². The Balaban J connectivity index is 2.03. The molecule has 1 aromatic rings. The second kappa shape index (κ2) is 8.70. The number of hydrogen-bond donors (Lipinski definition) is 1. The molecule has 0 saturated heterocycles. The number of halogens is 1. The number of ether oxygens (including phenoxy) is 2. The maximum absolute atomic E-state index is 5.53. The molecule has 1 N–H and O–H groups in total. The first kappa shape index (κ1) is 13.6. The molecule has 0 saturated carbocycles. The normalized spacial score (nSPS) is 10.6. The molecule has 0 amide bonds. The Hall–Kier alpha value is -0.420. The van der Waals surface area contributed by atoms with Crippen LogP contribution in [-0.2, 0) is 16.1 Å². The van der Waals surface area contributed by atoms with Crippen LogP contribution in [-0.4, -0.2) is 33.4 Å². The minimum atomic E-state index is 0.658. The van der Waals surface area contributed by atoms with Crippen LogP contribution in [0.2, 0.25) is 0 Å². The third-order valence-electron chi connectivity index (χ3n) is 2.06. The lowest BCUT2D eigenvalue weighted by Crippen LogP contribution is -2.23. The molecule has 0 aliphatic rings. The monoisotopic (exact) mass is 287 g/mol. The van der Waals surface area contributed by atoms with Crippen LogP contribution >= 0.6 is 15.9 Å². The average Bonchev–Trinajstić information content (AvgIpc) is 2.28. The van der Waals surface area contributed by atoms with Crippen molar-refractivity contribution >= 4 is 15.9 Å². The fraction of sp³-hybridized carbons (Fsp3) is 0.500. The molecule has 1 aromatic carbocycles.